The van der Waals surface area contributed by atoms with Gasteiger partial charge in [-0.2, -0.15) is 0 Å². The first kappa shape index (κ1) is 21.3. The second-order valence-corrected chi connectivity index (χ2v) is 11.0. The van der Waals surface area contributed by atoms with Crippen molar-refractivity contribution in [1.29, 1.82) is 0 Å². The van der Waals surface area contributed by atoms with E-state index >= 15 is 0 Å². The molecule has 0 fully saturated rings. The van der Waals surface area contributed by atoms with Gasteiger partial charge in [-0.3, -0.25) is 0 Å². The van der Waals surface area contributed by atoms with E-state index < -0.39 is 0 Å². The fourth-order valence-corrected chi connectivity index (χ4v) is 7.53. The topological polar surface area (TPSA) is 0 Å². The molecule has 0 aliphatic rings. The minimum Gasteiger partial charge on any atom is -0.135 e. The van der Waals surface area contributed by atoms with E-state index in [1.54, 1.807) is 0 Å². The van der Waals surface area contributed by atoms with Crippen LogP contribution in [0, 0.1) is 0 Å². The maximum atomic E-state index is 2.40. The fraction of sp³-hybridized carbons (Fsp3) is 0. The van der Waals surface area contributed by atoms with Crippen LogP contribution in [0.3, 0.4) is 0 Å². The Bertz CT molecular complexity index is 1660. The molecular weight excluding hydrogens is 473 g/mol. The Labute approximate surface area is 218 Å². The lowest BCUT2D eigenvalue weighted by Gasteiger charge is -2.14. The van der Waals surface area contributed by atoms with Crippen LogP contribution in [0.1, 0.15) is 0 Å². The van der Waals surface area contributed by atoms with E-state index in [1.807, 2.05) is 22.7 Å². The molecule has 0 aliphatic carbocycles. The van der Waals surface area contributed by atoms with Crippen LogP contribution in [-0.4, -0.2) is 0 Å². The summed E-state index contributed by atoms with van der Waals surface area (Å²) in [6.45, 7) is 0. The molecule has 0 nitrogen and oxygen atoms in total. The fourth-order valence-electron chi connectivity index (χ4n) is 5.03. The van der Waals surface area contributed by atoms with E-state index in [9.17, 15) is 0 Å². The normalized spacial score (nSPS) is 11.3. The SMILES string of the molecule is c1ccc(-c2cc3c(s2)c(-c2ccccc2)c(-c2ccccc2)c2sc(-c4ccccc4)cc23)cc1. The highest BCUT2D eigenvalue weighted by atomic mass is 32.1. The summed E-state index contributed by atoms with van der Waals surface area (Å²) < 4.78 is 2.70. The third-order valence-electron chi connectivity index (χ3n) is 6.70. The average Bonchev–Trinajstić information content (AvgIpc) is 3.59. The predicted molar refractivity (Wildman–Crippen MR) is 159 cm³/mol. The quantitative estimate of drug-likeness (QED) is 0.228. The monoisotopic (exact) mass is 494 g/mol. The van der Waals surface area contributed by atoms with Crippen molar-refractivity contribution in [2.75, 3.05) is 0 Å². The Morgan fingerprint density at radius 1 is 0.333 bits per heavy atom. The Morgan fingerprint density at radius 2 is 0.639 bits per heavy atom. The van der Waals surface area contributed by atoms with Crippen molar-refractivity contribution in [3.8, 4) is 43.1 Å². The van der Waals surface area contributed by atoms with Gasteiger partial charge in [-0.25, -0.2) is 0 Å². The summed E-state index contributed by atoms with van der Waals surface area (Å²) in [6.07, 6.45) is 0. The lowest BCUT2D eigenvalue weighted by atomic mass is 9.91. The van der Waals surface area contributed by atoms with Gasteiger partial charge in [0.2, 0.25) is 0 Å². The molecule has 0 amide bonds. The Morgan fingerprint density at radius 3 is 0.972 bits per heavy atom. The Balaban J connectivity index is 1.65. The van der Waals surface area contributed by atoms with Gasteiger partial charge in [-0.05, 0) is 34.4 Å². The van der Waals surface area contributed by atoms with Gasteiger partial charge in [-0.15, -0.1) is 22.7 Å². The number of hydrogen-bond donors (Lipinski definition) is 0. The minimum absolute atomic E-state index is 1.26. The summed E-state index contributed by atoms with van der Waals surface area (Å²) in [5, 5.41) is 2.68. The number of fused-ring (bicyclic) bond motifs is 3. The highest BCUT2D eigenvalue weighted by Gasteiger charge is 2.22. The lowest BCUT2D eigenvalue weighted by molar-refractivity contribution is 1.65. The van der Waals surface area contributed by atoms with Gasteiger partial charge in [0, 0.05) is 41.1 Å². The van der Waals surface area contributed by atoms with E-state index in [0.717, 1.165) is 0 Å². The summed E-state index contributed by atoms with van der Waals surface area (Å²) in [5.74, 6) is 0. The zero-order valence-electron chi connectivity index (χ0n) is 19.5. The third kappa shape index (κ3) is 3.58. The highest BCUT2D eigenvalue weighted by Crippen LogP contribution is 2.52. The third-order valence-corrected chi connectivity index (χ3v) is 9.10. The van der Waals surface area contributed by atoms with Crippen LogP contribution in [-0.2, 0) is 0 Å². The Kier molecular flexibility index (Phi) is 5.27. The van der Waals surface area contributed by atoms with Crippen LogP contribution in [0.2, 0.25) is 0 Å². The van der Waals surface area contributed by atoms with Crippen molar-refractivity contribution in [3.63, 3.8) is 0 Å². The first-order valence-electron chi connectivity index (χ1n) is 12.1. The van der Waals surface area contributed by atoms with Crippen molar-refractivity contribution >= 4 is 42.8 Å². The predicted octanol–water partition coefficient (Wildman–Crippen LogP) is 10.8. The average molecular weight is 495 g/mol. The molecule has 2 aromatic heterocycles. The van der Waals surface area contributed by atoms with Crippen LogP contribution < -0.4 is 0 Å². The van der Waals surface area contributed by atoms with Crippen molar-refractivity contribution in [2.24, 2.45) is 0 Å². The molecule has 2 heterocycles. The molecule has 36 heavy (non-hydrogen) atoms. The number of rotatable bonds is 4. The first-order valence-corrected chi connectivity index (χ1v) is 13.7. The highest BCUT2D eigenvalue weighted by molar-refractivity contribution is 7.25. The summed E-state index contributed by atoms with van der Waals surface area (Å²) in [6, 6.07) is 48.1. The lowest BCUT2D eigenvalue weighted by Crippen LogP contribution is -1.87. The minimum atomic E-state index is 1.26. The summed E-state index contributed by atoms with van der Waals surface area (Å²) >= 11 is 3.81. The molecule has 170 valence electrons. The summed E-state index contributed by atoms with van der Waals surface area (Å²) in [7, 11) is 0. The van der Waals surface area contributed by atoms with Crippen molar-refractivity contribution < 1.29 is 0 Å². The van der Waals surface area contributed by atoms with E-state index in [4.69, 9.17) is 0 Å². The number of benzene rings is 5. The van der Waals surface area contributed by atoms with Gasteiger partial charge in [0.25, 0.3) is 0 Å². The maximum Gasteiger partial charge on any atom is 0.0441 e. The molecule has 0 atom stereocenters. The van der Waals surface area contributed by atoms with E-state index in [-0.39, 0.29) is 0 Å². The van der Waals surface area contributed by atoms with E-state index in [0.29, 0.717) is 0 Å². The van der Waals surface area contributed by atoms with Crippen molar-refractivity contribution in [2.45, 2.75) is 0 Å². The molecule has 2 heteroatoms. The smallest absolute Gasteiger partial charge is 0.0441 e. The van der Waals surface area contributed by atoms with Crippen molar-refractivity contribution in [3.05, 3.63) is 133 Å². The molecule has 0 radical (unpaired) electrons. The molecule has 0 unspecified atom stereocenters. The largest absolute Gasteiger partial charge is 0.135 e. The molecule has 5 aromatic carbocycles. The first-order chi connectivity index (χ1) is 17.9. The van der Waals surface area contributed by atoms with Gasteiger partial charge in [-0.1, -0.05) is 121 Å². The maximum absolute atomic E-state index is 2.40. The van der Waals surface area contributed by atoms with Gasteiger partial charge in [0.05, 0.1) is 0 Å². The van der Waals surface area contributed by atoms with Gasteiger partial charge in [0.15, 0.2) is 0 Å². The zero-order valence-corrected chi connectivity index (χ0v) is 21.2. The van der Waals surface area contributed by atoms with Crippen LogP contribution in [0.4, 0.5) is 0 Å². The summed E-state index contributed by atoms with van der Waals surface area (Å²) in [4.78, 5) is 2.61. The molecule has 0 spiro atoms. The van der Waals surface area contributed by atoms with Crippen LogP contribution >= 0.6 is 22.7 Å². The van der Waals surface area contributed by atoms with E-state index in [2.05, 4.69) is 133 Å². The van der Waals surface area contributed by atoms with Gasteiger partial charge >= 0.3 is 0 Å². The second kappa shape index (κ2) is 8.91. The van der Waals surface area contributed by atoms with Crippen molar-refractivity contribution in [1.82, 2.24) is 0 Å². The molecule has 0 aliphatic heterocycles. The molecule has 0 N–H and O–H groups in total. The van der Waals surface area contributed by atoms with Crippen LogP contribution in [0.15, 0.2) is 133 Å². The molecule has 7 rings (SSSR count). The van der Waals surface area contributed by atoms with Crippen LogP contribution in [0.25, 0.3) is 63.3 Å². The summed E-state index contributed by atoms with van der Waals surface area (Å²) in [5.41, 5.74) is 7.73. The molecule has 7 aromatic rings. The molecule has 0 bridgehead atoms. The van der Waals surface area contributed by atoms with E-state index in [1.165, 1.54) is 63.3 Å². The Hall–Kier alpha value is -3.98. The van der Waals surface area contributed by atoms with Gasteiger partial charge < -0.3 is 0 Å². The zero-order chi connectivity index (χ0) is 23.9. The van der Waals surface area contributed by atoms with Gasteiger partial charge in [0.1, 0.15) is 0 Å². The van der Waals surface area contributed by atoms with Crippen LogP contribution in [0.5, 0.6) is 0 Å². The number of hydrogen-bond acceptors (Lipinski definition) is 2. The number of thiophene rings is 2. The molecule has 0 saturated carbocycles. The molecule has 0 saturated heterocycles. The second-order valence-electron chi connectivity index (χ2n) is 8.92. The molecular formula is C34H22S2. The standard InChI is InChI=1S/C34H22S2/c1-5-13-23(14-6-1)29-21-27-28-22-30(24-15-7-2-8-16-24)36-34(28)32(26-19-11-4-12-20-26)31(33(27)35-29)25-17-9-3-10-18-25/h1-22H.